The van der Waals surface area contributed by atoms with Gasteiger partial charge >= 0.3 is 0 Å². The molecule has 0 saturated carbocycles. The standard InChI is InChI=1S/C20H23N3O3S/c1-4-27(25,26)22-17-10-7-9-16(12-17)19-13-20(23(21-19)15(3)24)18-11-6-5-8-14(18)2/h5-12,20,22H,4,13H2,1-3H3/t20-/m1/s1. The van der Waals surface area contributed by atoms with E-state index in [-0.39, 0.29) is 17.7 Å². The Morgan fingerprint density at radius 2 is 1.96 bits per heavy atom. The van der Waals surface area contributed by atoms with E-state index in [2.05, 4.69) is 9.82 Å². The summed E-state index contributed by atoms with van der Waals surface area (Å²) in [5.41, 5.74) is 4.22. The lowest BCUT2D eigenvalue weighted by molar-refractivity contribution is -0.130. The van der Waals surface area contributed by atoms with Crippen molar-refractivity contribution in [2.45, 2.75) is 33.2 Å². The van der Waals surface area contributed by atoms with Gasteiger partial charge in [-0.3, -0.25) is 9.52 Å². The van der Waals surface area contributed by atoms with Gasteiger partial charge in [-0.1, -0.05) is 36.4 Å². The molecule has 1 heterocycles. The maximum absolute atomic E-state index is 12.1. The molecule has 142 valence electrons. The molecule has 7 heteroatoms. The molecule has 2 aromatic carbocycles. The fraction of sp³-hybridized carbons (Fsp3) is 0.300. The van der Waals surface area contributed by atoms with Gasteiger partial charge in [-0.15, -0.1) is 0 Å². The molecule has 1 N–H and O–H groups in total. The lowest BCUT2D eigenvalue weighted by Gasteiger charge is -2.22. The minimum atomic E-state index is -3.35. The van der Waals surface area contributed by atoms with Crippen molar-refractivity contribution in [3.05, 3.63) is 65.2 Å². The molecule has 0 radical (unpaired) electrons. The topological polar surface area (TPSA) is 78.8 Å². The van der Waals surface area contributed by atoms with Crippen molar-refractivity contribution < 1.29 is 13.2 Å². The van der Waals surface area contributed by atoms with Crippen LogP contribution in [0.2, 0.25) is 0 Å². The minimum absolute atomic E-state index is 0.00560. The molecule has 0 spiro atoms. The number of nitrogens with zero attached hydrogens (tertiary/aromatic N) is 2. The number of rotatable bonds is 5. The SMILES string of the molecule is CCS(=O)(=O)Nc1cccc(C2=NN(C(C)=O)[C@@H](c3ccccc3C)C2)c1. The molecule has 2 aromatic rings. The summed E-state index contributed by atoms with van der Waals surface area (Å²) in [4.78, 5) is 12.1. The molecule has 0 bridgehead atoms. The third-order valence-electron chi connectivity index (χ3n) is 4.63. The number of anilines is 1. The molecule has 6 nitrogen and oxygen atoms in total. The summed E-state index contributed by atoms with van der Waals surface area (Å²) in [6.45, 7) is 5.11. The second-order valence-electron chi connectivity index (χ2n) is 6.57. The highest BCUT2D eigenvalue weighted by Crippen LogP contribution is 2.34. The van der Waals surface area contributed by atoms with Crippen LogP contribution >= 0.6 is 0 Å². The van der Waals surface area contributed by atoms with Gasteiger partial charge in [-0.25, -0.2) is 13.4 Å². The lowest BCUT2D eigenvalue weighted by atomic mass is 9.95. The summed E-state index contributed by atoms with van der Waals surface area (Å²) >= 11 is 0. The van der Waals surface area contributed by atoms with Crippen LogP contribution in [0.25, 0.3) is 0 Å². The molecule has 0 unspecified atom stereocenters. The summed E-state index contributed by atoms with van der Waals surface area (Å²) in [7, 11) is -3.35. The molecule has 0 aromatic heterocycles. The Labute approximate surface area is 159 Å². The van der Waals surface area contributed by atoms with Gasteiger partial charge in [0, 0.05) is 19.0 Å². The first-order chi connectivity index (χ1) is 12.8. The van der Waals surface area contributed by atoms with E-state index < -0.39 is 10.0 Å². The molecule has 0 saturated heterocycles. The van der Waals surface area contributed by atoms with E-state index >= 15 is 0 Å². The maximum atomic E-state index is 12.1. The van der Waals surface area contributed by atoms with Crippen molar-refractivity contribution in [2.75, 3.05) is 10.5 Å². The zero-order valence-electron chi connectivity index (χ0n) is 15.6. The van der Waals surface area contributed by atoms with Crippen LogP contribution in [0.4, 0.5) is 5.69 Å². The van der Waals surface area contributed by atoms with Crippen LogP contribution in [0.1, 0.15) is 43.0 Å². The number of carbonyl (C=O) groups excluding carboxylic acids is 1. The van der Waals surface area contributed by atoms with E-state index in [0.717, 1.165) is 22.4 Å². The molecule has 1 atom stereocenters. The van der Waals surface area contributed by atoms with Crippen molar-refractivity contribution in [3.8, 4) is 0 Å². The van der Waals surface area contributed by atoms with Gasteiger partial charge in [-0.2, -0.15) is 5.10 Å². The highest BCUT2D eigenvalue weighted by molar-refractivity contribution is 7.92. The predicted octanol–water partition coefficient (Wildman–Crippen LogP) is 3.45. The quantitative estimate of drug-likeness (QED) is 0.856. The van der Waals surface area contributed by atoms with E-state index in [9.17, 15) is 13.2 Å². The van der Waals surface area contributed by atoms with Crippen molar-refractivity contribution in [1.82, 2.24) is 5.01 Å². The summed E-state index contributed by atoms with van der Waals surface area (Å²) in [5.74, 6) is -0.118. The van der Waals surface area contributed by atoms with Gasteiger partial charge in [0.15, 0.2) is 0 Å². The van der Waals surface area contributed by atoms with Crippen molar-refractivity contribution >= 4 is 27.3 Å². The smallest absolute Gasteiger partial charge is 0.240 e. The van der Waals surface area contributed by atoms with E-state index in [1.807, 2.05) is 37.3 Å². The zero-order chi connectivity index (χ0) is 19.6. The normalized spacial score (nSPS) is 16.9. The minimum Gasteiger partial charge on any atom is -0.284 e. The first kappa shape index (κ1) is 19.1. The van der Waals surface area contributed by atoms with Crippen molar-refractivity contribution in [3.63, 3.8) is 0 Å². The first-order valence-electron chi connectivity index (χ1n) is 8.84. The third kappa shape index (κ3) is 4.19. The Kier molecular flexibility index (Phi) is 5.32. The number of hydrogen-bond donors (Lipinski definition) is 1. The summed E-state index contributed by atoms with van der Waals surface area (Å²) in [6.07, 6.45) is 0.578. The van der Waals surface area contributed by atoms with Crippen LogP contribution in [0.3, 0.4) is 0 Å². The Bertz CT molecular complexity index is 999. The number of hydrazone groups is 1. The molecular formula is C20H23N3O3S. The first-order valence-corrected chi connectivity index (χ1v) is 10.5. The Hall–Kier alpha value is -2.67. The number of sulfonamides is 1. The van der Waals surface area contributed by atoms with Gasteiger partial charge in [0.05, 0.1) is 17.5 Å². The molecule has 3 rings (SSSR count). The predicted molar refractivity (Wildman–Crippen MR) is 107 cm³/mol. The van der Waals surface area contributed by atoms with E-state index in [1.165, 1.54) is 11.9 Å². The maximum Gasteiger partial charge on any atom is 0.240 e. The van der Waals surface area contributed by atoms with E-state index in [1.54, 1.807) is 25.1 Å². The summed E-state index contributed by atoms with van der Waals surface area (Å²) < 4.78 is 26.2. The van der Waals surface area contributed by atoms with Crippen LogP contribution < -0.4 is 4.72 Å². The third-order valence-corrected chi connectivity index (χ3v) is 5.94. The number of carbonyl (C=O) groups is 1. The number of amides is 1. The van der Waals surface area contributed by atoms with Gasteiger partial charge < -0.3 is 0 Å². The van der Waals surface area contributed by atoms with Crippen molar-refractivity contribution in [2.24, 2.45) is 5.10 Å². The van der Waals surface area contributed by atoms with E-state index in [4.69, 9.17) is 0 Å². The number of aryl methyl sites for hydroxylation is 1. The Morgan fingerprint density at radius 3 is 2.63 bits per heavy atom. The molecule has 0 fully saturated rings. The molecular weight excluding hydrogens is 362 g/mol. The number of benzene rings is 2. The fourth-order valence-electron chi connectivity index (χ4n) is 3.19. The molecule has 1 aliphatic heterocycles. The molecule has 1 amide bonds. The van der Waals surface area contributed by atoms with Crippen molar-refractivity contribution in [1.29, 1.82) is 0 Å². The van der Waals surface area contributed by atoms with Crippen LogP contribution in [0.5, 0.6) is 0 Å². The highest BCUT2D eigenvalue weighted by atomic mass is 32.2. The molecule has 0 aliphatic carbocycles. The number of nitrogens with one attached hydrogen (secondary N) is 1. The van der Waals surface area contributed by atoms with Crippen LogP contribution in [-0.4, -0.2) is 30.8 Å². The summed E-state index contributed by atoms with van der Waals surface area (Å²) in [5, 5.41) is 6.05. The lowest BCUT2D eigenvalue weighted by Crippen LogP contribution is -2.24. The molecule has 27 heavy (non-hydrogen) atoms. The average molecular weight is 385 g/mol. The van der Waals surface area contributed by atoms with Crippen LogP contribution in [0, 0.1) is 6.92 Å². The fourth-order valence-corrected chi connectivity index (χ4v) is 3.82. The average Bonchev–Trinajstić information content (AvgIpc) is 3.07. The van der Waals surface area contributed by atoms with E-state index in [0.29, 0.717) is 12.1 Å². The van der Waals surface area contributed by atoms with Gasteiger partial charge in [0.1, 0.15) is 0 Å². The van der Waals surface area contributed by atoms with Gasteiger partial charge in [-0.05, 0) is 42.7 Å². The largest absolute Gasteiger partial charge is 0.284 e. The van der Waals surface area contributed by atoms with Gasteiger partial charge in [0.2, 0.25) is 15.9 Å². The Morgan fingerprint density at radius 1 is 1.22 bits per heavy atom. The van der Waals surface area contributed by atoms with Crippen LogP contribution in [0.15, 0.2) is 53.6 Å². The number of hydrogen-bond acceptors (Lipinski definition) is 4. The molecule has 1 aliphatic rings. The monoisotopic (exact) mass is 385 g/mol. The second-order valence-corrected chi connectivity index (χ2v) is 8.58. The zero-order valence-corrected chi connectivity index (χ0v) is 16.5. The Balaban J connectivity index is 1.93. The highest BCUT2D eigenvalue weighted by Gasteiger charge is 2.32. The second kappa shape index (κ2) is 7.52. The van der Waals surface area contributed by atoms with Crippen LogP contribution in [-0.2, 0) is 14.8 Å². The summed E-state index contributed by atoms with van der Waals surface area (Å²) in [6, 6.07) is 14.9. The van der Waals surface area contributed by atoms with Gasteiger partial charge in [0.25, 0.3) is 0 Å².